The van der Waals surface area contributed by atoms with Crippen LogP contribution in [-0.4, -0.2) is 24.0 Å². The fourth-order valence-electron chi connectivity index (χ4n) is 2.97. The molecular formula is C16H18N2O3. The molecule has 21 heavy (non-hydrogen) atoms. The maximum atomic E-state index is 12.6. The van der Waals surface area contributed by atoms with Crippen LogP contribution in [0.4, 0.5) is 5.69 Å². The molecule has 5 heteroatoms. The molecule has 1 aromatic rings. The summed E-state index contributed by atoms with van der Waals surface area (Å²) >= 11 is 0. The van der Waals surface area contributed by atoms with Crippen LogP contribution in [0.25, 0.3) is 0 Å². The normalized spacial score (nSPS) is 24.3. The summed E-state index contributed by atoms with van der Waals surface area (Å²) in [6.45, 7) is 1.98. The average molecular weight is 286 g/mol. The van der Waals surface area contributed by atoms with Gasteiger partial charge in [-0.3, -0.25) is 9.59 Å². The standard InChI is InChI=1S/C16H18N2O3/c1-10-7-13(14(8-10)16(20)21)15(19)18(2)12-5-3-11(9-17)4-6-12/h3-6,10,13-14H,7-8H2,1-2H3,(H,20,21)/t10?,13-,14+/m0/s1. The number of carboxylic acid groups (broad SMARTS) is 1. The number of hydrogen-bond donors (Lipinski definition) is 1. The minimum atomic E-state index is -0.897. The zero-order chi connectivity index (χ0) is 15.6. The van der Waals surface area contributed by atoms with E-state index in [1.165, 1.54) is 4.90 Å². The van der Waals surface area contributed by atoms with Crippen molar-refractivity contribution < 1.29 is 14.7 Å². The molecule has 5 nitrogen and oxygen atoms in total. The topological polar surface area (TPSA) is 81.4 Å². The van der Waals surface area contributed by atoms with E-state index in [4.69, 9.17) is 5.26 Å². The fourth-order valence-corrected chi connectivity index (χ4v) is 2.97. The molecule has 1 amide bonds. The second-order valence-corrected chi connectivity index (χ2v) is 5.68. The van der Waals surface area contributed by atoms with Crippen LogP contribution in [0.5, 0.6) is 0 Å². The molecular weight excluding hydrogens is 268 g/mol. The molecule has 0 bridgehead atoms. The first-order valence-electron chi connectivity index (χ1n) is 6.94. The number of carbonyl (C=O) groups excluding carboxylic acids is 1. The fraction of sp³-hybridized carbons (Fsp3) is 0.438. The average Bonchev–Trinajstić information content (AvgIpc) is 2.88. The summed E-state index contributed by atoms with van der Waals surface area (Å²) in [4.78, 5) is 25.3. The maximum Gasteiger partial charge on any atom is 0.307 e. The van der Waals surface area contributed by atoms with E-state index in [0.717, 1.165) is 0 Å². The molecule has 110 valence electrons. The van der Waals surface area contributed by atoms with Crippen molar-refractivity contribution in [3.8, 4) is 6.07 Å². The van der Waals surface area contributed by atoms with Crippen molar-refractivity contribution in [2.45, 2.75) is 19.8 Å². The Bertz CT molecular complexity index is 589. The van der Waals surface area contributed by atoms with Crippen molar-refractivity contribution in [1.29, 1.82) is 5.26 Å². The van der Waals surface area contributed by atoms with Crippen LogP contribution >= 0.6 is 0 Å². The lowest BCUT2D eigenvalue weighted by Crippen LogP contribution is -2.36. The number of amides is 1. The van der Waals surface area contributed by atoms with Crippen molar-refractivity contribution in [2.24, 2.45) is 17.8 Å². The lowest BCUT2D eigenvalue weighted by Gasteiger charge is -2.23. The quantitative estimate of drug-likeness (QED) is 0.924. The van der Waals surface area contributed by atoms with Crippen LogP contribution in [0.1, 0.15) is 25.3 Å². The Morgan fingerprint density at radius 3 is 2.33 bits per heavy atom. The number of benzene rings is 1. The smallest absolute Gasteiger partial charge is 0.307 e. The van der Waals surface area contributed by atoms with E-state index in [2.05, 4.69) is 0 Å². The third-order valence-electron chi connectivity index (χ3n) is 4.15. The number of aliphatic carboxylic acids is 1. The Labute approximate surface area is 123 Å². The monoisotopic (exact) mass is 286 g/mol. The molecule has 3 atom stereocenters. The molecule has 0 radical (unpaired) electrons. The van der Waals surface area contributed by atoms with Gasteiger partial charge in [0, 0.05) is 12.7 Å². The summed E-state index contributed by atoms with van der Waals surface area (Å²) in [5.41, 5.74) is 1.19. The highest BCUT2D eigenvalue weighted by atomic mass is 16.4. The van der Waals surface area contributed by atoms with Crippen LogP contribution in [0.15, 0.2) is 24.3 Å². The minimum absolute atomic E-state index is 0.170. The molecule has 0 spiro atoms. The highest BCUT2D eigenvalue weighted by molar-refractivity contribution is 5.97. The molecule has 1 aliphatic carbocycles. The highest BCUT2D eigenvalue weighted by Gasteiger charge is 2.42. The molecule has 1 N–H and O–H groups in total. The Morgan fingerprint density at radius 2 is 1.81 bits per heavy atom. The molecule has 0 saturated heterocycles. The van der Waals surface area contributed by atoms with E-state index in [1.807, 2.05) is 13.0 Å². The number of carboxylic acids is 1. The van der Waals surface area contributed by atoms with E-state index >= 15 is 0 Å². The summed E-state index contributed by atoms with van der Waals surface area (Å²) in [6.07, 6.45) is 1.16. The lowest BCUT2D eigenvalue weighted by atomic mass is 9.94. The van der Waals surface area contributed by atoms with Gasteiger partial charge >= 0.3 is 5.97 Å². The van der Waals surface area contributed by atoms with Crippen molar-refractivity contribution in [2.75, 3.05) is 11.9 Å². The Morgan fingerprint density at radius 1 is 1.24 bits per heavy atom. The van der Waals surface area contributed by atoms with Gasteiger partial charge in [0.05, 0.1) is 23.5 Å². The molecule has 1 aliphatic rings. The van der Waals surface area contributed by atoms with Crippen molar-refractivity contribution in [1.82, 2.24) is 0 Å². The van der Waals surface area contributed by atoms with Gasteiger partial charge in [-0.15, -0.1) is 0 Å². The van der Waals surface area contributed by atoms with Crippen LogP contribution in [0, 0.1) is 29.1 Å². The first-order chi connectivity index (χ1) is 9.93. The van der Waals surface area contributed by atoms with Crippen LogP contribution in [0.2, 0.25) is 0 Å². The summed E-state index contributed by atoms with van der Waals surface area (Å²) in [7, 11) is 1.64. The van der Waals surface area contributed by atoms with Gasteiger partial charge in [-0.25, -0.2) is 0 Å². The van der Waals surface area contributed by atoms with Crippen molar-refractivity contribution in [3.63, 3.8) is 0 Å². The van der Waals surface area contributed by atoms with Crippen molar-refractivity contribution >= 4 is 17.6 Å². The van der Waals surface area contributed by atoms with E-state index < -0.39 is 17.8 Å². The second-order valence-electron chi connectivity index (χ2n) is 5.68. The first-order valence-corrected chi connectivity index (χ1v) is 6.94. The zero-order valence-electron chi connectivity index (χ0n) is 12.1. The Kier molecular flexibility index (Phi) is 4.27. The molecule has 2 rings (SSSR count). The molecule has 1 saturated carbocycles. The summed E-state index contributed by atoms with van der Waals surface area (Å²) in [5, 5.41) is 18.0. The molecule has 0 aromatic heterocycles. The number of anilines is 1. The largest absolute Gasteiger partial charge is 0.481 e. The van der Waals surface area contributed by atoms with Crippen LogP contribution < -0.4 is 4.90 Å². The number of nitrogens with zero attached hydrogens (tertiary/aromatic N) is 2. The summed E-state index contributed by atoms with van der Waals surface area (Å²) in [5.74, 6) is -1.90. The second kappa shape index (κ2) is 5.96. The van der Waals surface area contributed by atoms with E-state index in [1.54, 1.807) is 31.3 Å². The number of nitriles is 1. The van der Waals surface area contributed by atoms with Gasteiger partial charge in [0.15, 0.2) is 0 Å². The van der Waals surface area contributed by atoms with E-state index in [9.17, 15) is 14.7 Å². The highest BCUT2D eigenvalue weighted by Crippen LogP contribution is 2.38. The number of rotatable bonds is 3. The lowest BCUT2D eigenvalue weighted by molar-refractivity contribution is -0.145. The van der Waals surface area contributed by atoms with Crippen molar-refractivity contribution in [3.05, 3.63) is 29.8 Å². The third-order valence-corrected chi connectivity index (χ3v) is 4.15. The van der Waals surface area contributed by atoms with E-state index in [0.29, 0.717) is 24.1 Å². The SMILES string of the molecule is CC1C[C@H](C(=O)N(C)c2ccc(C#N)cc2)[C@H](C(=O)O)C1. The predicted octanol–water partition coefficient (Wildman–Crippen LogP) is 2.27. The summed E-state index contributed by atoms with van der Waals surface area (Å²) in [6, 6.07) is 8.71. The molecule has 0 aliphatic heterocycles. The van der Waals surface area contributed by atoms with Gasteiger partial charge in [0.2, 0.25) is 5.91 Å². The molecule has 1 aromatic carbocycles. The zero-order valence-corrected chi connectivity index (χ0v) is 12.1. The van der Waals surface area contributed by atoms with E-state index in [-0.39, 0.29) is 11.8 Å². The Hall–Kier alpha value is -2.35. The van der Waals surface area contributed by atoms with Gasteiger partial charge in [0.25, 0.3) is 0 Å². The van der Waals surface area contributed by atoms with Crippen LogP contribution in [0.3, 0.4) is 0 Å². The number of hydrogen-bond acceptors (Lipinski definition) is 3. The predicted molar refractivity (Wildman–Crippen MR) is 77.6 cm³/mol. The molecule has 1 fully saturated rings. The Balaban J connectivity index is 2.18. The third kappa shape index (κ3) is 3.05. The summed E-state index contributed by atoms with van der Waals surface area (Å²) < 4.78 is 0. The maximum absolute atomic E-state index is 12.6. The van der Waals surface area contributed by atoms with Gasteiger partial charge in [-0.05, 0) is 43.0 Å². The molecule has 1 unspecified atom stereocenters. The van der Waals surface area contributed by atoms with Crippen LogP contribution in [-0.2, 0) is 9.59 Å². The van der Waals surface area contributed by atoms with Gasteiger partial charge in [-0.2, -0.15) is 5.26 Å². The minimum Gasteiger partial charge on any atom is -0.481 e. The van der Waals surface area contributed by atoms with Gasteiger partial charge < -0.3 is 10.0 Å². The number of carbonyl (C=O) groups is 2. The first kappa shape index (κ1) is 15.0. The van der Waals surface area contributed by atoms with Gasteiger partial charge in [0.1, 0.15) is 0 Å². The molecule has 0 heterocycles. The van der Waals surface area contributed by atoms with Gasteiger partial charge in [-0.1, -0.05) is 6.92 Å².